The monoisotopic (exact) mass is 461 g/mol. The fourth-order valence-corrected chi connectivity index (χ4v) is 4.22. The van der Waals surface area contributed by atoms with Gasteiger partial charge in [0.1, 0.15) is 5.82 Å². The molecule has 8 nitrogen and oxygen atoms in total. The molecule has 1 saturated heterocycles. The molecule has 174 valence electrons. The molecule has 0 aliphatic carbocycles. The van der Waals surface area contributed by atoms with E-state index in [0.29, 0.717) is 35.2 Å². The molecule has 0 unspecified atom stereocenters. The van der Waals surface area contributed by atoms with Crippen LogP contribution in [0, 0.1) is 5.82 Å². The van der Waals surface area contributed by atoms with Gasteiger partial charge in [0.25, 0.3) is 11.5 Å². The molecule has 1 N–H and O–H groups in total. The molecule has 4 heterocycles. The molecule has 1 aliphatic heterocycles. The SMILES string of the molecule is Cn1cc(-c2ccc(Cn3cc(C(=O)NC4CCOCC4)c4ncccc4c3=O)c(F)c2)cn1. The Bertz CT molecular complexity index is 1420. The Morgan fingerprint density at radius 2 is 2.03 bits per heavy atom. The number of pyridine rings is 2. The minimum Gasteiger partial charge on any atom is -0.381 e. The highest BCUT2D eigenvalue weighted by Crippen LogP contribution is 2.22. The molecule has 5 rings (SSSR count). The van der Waals surface area contributed by atoms with Gasteiger partial charge in [-0.15, -0.1) is 0 Å². The third kappa shape index (κ3) is 4.34. The molecule has 3 aromatic heterocycles. The molecule has 1 aliphatic rings. The lowest BCUT2D eigenvalue weighted by Gasteiger charge is -2.23. The summed E-state index contributed by atoms with van der Waals surface area (Å²) in [5, 5.41) is 7.45. The van der Waals surface area contributed by atoms with Crippen LogP contribution < -0.4 is 10.9 Å². The van der Waals surface area contributed by atoms with Crippen molar-refractivity contribution in [2.75, 3.05) is 13.2 Å². The zero-order valence-electron chi connectivity index (χ0n) is 18.7. The number of rotatable bonds is 5. The molecule has 1 aromatic carbocycles. The lowest BCUT2D eigenvalue weighted by Crippen LogP contribution is -2.39. The molecule has 9 heteroatoms. The molecule has 1 fully saturated rings. The lowest BCUT2D eigenvalue weighted by molar-refractivity contribution is 0.0697. The van der Waals surface area contributed by atoms with E-state index in [0.717, 1.165) is 18.4 Å². The van der Waals surface area contributed by atoms with Gasteiger partial charge in [-0.1, -0.05) is 12.1 Å². The number of ether oxygens (including phenoxy) is 1. The molecule has 0 radical (unpaired) electrons. The third-order valence-corrected chi connectivity index (χ3v) is 6.07. The van der Waals surface area contributed by atoms with Crippen molar-refractivity contribution >= 4 is 16.8 Å². The summed E-state index contributed by atoms with van der Waals surface area (Å²) in [4.78, 5) is 30.6. The van der Waals surface area contributed by atoms with Crippen LogP contribution in [0.25, 0.3) is 22.0 Å². The van der Waals surface area contributed by atoms with Crippen molar-refractivity contribution in [3.63, 3.8) is 0 Å². The maximum Gasteiger partial charge on any atom is 0.260 e. The van der Waals surface area contributed by atoms with E-state index in [4.69, 9.17) is 4.74 Å². The first-order valence-corrected chi connectivity index (χ1v) is 11.1. The van der Waals surface area contributed by atoms with Crippen LogP contribution in [-0.4, -0.2) is 44.5 Å². The Morgan fingerprint density at radius 3 is 2.76 bits per heavy atom. The maximum atomic E-state index is 15.0. The number of halogens is 1. The molecule has 4 aromatic rings. The first-order valence-electron chi connectivity index (χ1n) is 11.1. The van der Waals surface area contributed by atoms with Crippen LogP contribution in [0.1, 0.15) is 28.8 Å². The van der Waals surface area contributed by atoms with Crippen LogP contribution in [0.5, 0.6) is 0 Å². The molecule has 0 atom stereocenters. The van der Waals surface area contributed by atoms with Gasteiger partial charge in [0.2, 0.25) is 0 Å². The second-order valence-electron chi connectivity index (χ2n) is 8.44. The van der Waals surface area contributed by atoms with E-state index in [1.54, 1.807) is 54.6 Å². The number of hydrogen-bond acceptors (Lipinski definition) is 5. The van der Waals surface area contributed by atoms with Crippen molar-refractivity contribution in [2.45, 2.75) is 25.4 Å². The van der Waals surface area contributed by atoms with Crippen molar-refractivity contribution < 1.29 is 13.9 Å². The molecule has 1 amide bonds. The van der Waals surface area contributed by atoms with Crippen molar-refractivity contribution in [1.82, 2.24) is 24.6 Å². The Hall–Kier alpha value is -3.85. The standard InChI is InChI=1S/C25H24FN5O3/c1-30-13-18(12-28-30)16-4-5-17(22(26)11-16)14-31-15-21(23-20(25(31)33)3-2-8-27-23)24(32)29-19-6-9-34-10-7-19/h2-5,8,11-13,15,19H,6-7,9-10,14H2,1H3,(H,29,32). The number of fused-ring (bicyclic) bond motifs is 1. The minimum absolute atomic E-state index is 0.00199. The van der Waals surface area contributed by atoms with Crippen molar-refractivity contribution in [1.29, 1.82) is 0 Å². The van der Waals surface area contributed by atoms with Gasteiger partial charge in [-0.05, 0) is 36.6 Å². The van der Waals surface area contributed by atoms with Crippen LogP contribution in [0.15, 0.2) is 59.9 Å². The van der Waals surface area contributed by atoms with Crippen molar-refractivity contribution in [3.8, 4) is 11.1 Å². The quantitative estimate of drug-likeness (QED) is 0.494. The number of amides is 1. The highest BCUT2D eigenvalue weighted by Gasteiger charge is 2.21. The molecule has 0 spiro atoms. The van der Waals surface area contributed by atoms with Gasteiger partial charge < -0.3 is 14.6 Å². The molecular weight excluding hydrogens is 437 g/mol. The number of nitrogens with zero attached hydrogens (tertiary/aromatic N) is 4. The van der Waals surface area contributed by atoms with Crippen molar-refractivity contribution in [2.24, 2.45) is 7.05 Å². The zero-order valence-corrected chi connectivity index (χ0v) is 18.7. The third-order valence-electron chi connectivity index (χ3n) is 6.07. The number of carbonyl (C=O) groups excluding carboxylic acids is 1. The van der Waals surface area contributed by atoms with Crippen LogP contribution >= 0.6 is 0 Å². The van der Waals surface area contributed by atoms with Gasteiger partial charge in [-0.3, -0.25) is 19.3 Å². The van der Waals surface area contributed by atoms with E-state index in [1.807, 2.05) is 0 Å². The van der Waals surface area contributed by atoms with Crippen LogP contribution in [-0.2, 0) is 18.3 Å². The molecular formula is C25H24FN5O3. The van der Waals surface area contributed by atoms with Gasteiger partial charge in [0.05, 0.1) is 29.2 Å². The van der Waals surface area contributed by atoms with Gasteiger partial charge in [-0.25, -0.2) is 4.39 Å². The zero-order chi connectivity index (χ0) is 23.7. The topological polar surface area (TPSA) is 91.0 Å². The smallest absolute Gasteiger partial charge is 0.260 e. The predicted molar refractivity (Wildman–Crippen MR) is 125 cm³/mol. The largest absolute Gasteiger partial charge is 0.381 e. The average molecular weight is 461 g/mol. The summed E-state index contributed by atoms with van der Waals surface area (Å²) in [5.74, 6) is -0.746. The van der Waals surface area contributed by atoms with Crippen LogP contribution in [0.3, 0.4) is 0 Å². The van der Waals surface area contributed by atoms with E-state index in [2.05, 4.69) is 15.4 Å². The number of carbonyl (C=O) groups is 1. The van der Waals surface area contributed by atoms with Gasteiger partial charge >= 0.3 is 0 Å². The van der Waals surface area contributed by atoms with Gasteiger partial charge in [0.15, 0.2) is 0 Å². The number of hydrogen-bond donors (Lipinski definition) is 1. The Labute approximate surface area is 195 Å². The summed E-state index contributed by atoms with van der Waals surface area (Å²) in [7, 11) is 1.80. The van der Waals surface area contributed by atoms with E-state index in [-0.39, 0.29) is 29.6 Å². The van der Waals surface area contributed by atoms with E-state index in [1.165, 1.54) is 16.8 Å². The summed E-state index contributed by atoms with van der Waals surface area (Å²) in [6.45, 7) is 1.18. The maximum absolute atomic E-state index is 15.0. The van der Waals surface area contributed by atoms with Gasteiger partial charge in [0, 0.05) is 56.0 Å². The van der Waals surface area contributed by atoms with Crippen LogP contribution in [0.2, 0.25) is 0 Å². The molecule has 0 bridgehead atoms. The Balaban J connectivity index is 1.49. The summed E-state index contributed by atoms with van der Waals surface area (Å²) < 4.78 is 23.4. The Morgan fingerprint density at radius 1 is 1.21 bits per heavy atom. The van der Waals surface area contributed by atoms with E-state index >= 15 is 0 Å². The minimum atomic E-state index is -0.437. The predicted octanol–water partition coefficient (Wildman–Crippen LogP) is 2.89. The fraction of sp³-hybridized carbons (Fsp3) is 0.280. The normalized spacial score (nSPS) is 14.4. The van der Waals surface area contributed by atoms with Crippen LogP contribution in [0.4, 0.5) is 4.39 Å². The van der Waals surface area contributed by atoms with Crippen molar-refractivity contribution in [3.05, 3.63) is 82.4 Å². The average Bonchev–Trinajstić information content (AvgIpc) is 3.29. The highest BCUT2D eigenvalue weighted by molar-refractivity contribution is 6.05. The first kappa shape index (κ1) is 22.0. The first-order chi connectivity index (χ1) is 16.5. The number of aromatic nitrogens is 4. The van der Waals surface area contributed by atoms with E-state index in [9.17, 15) is 14.0 Å². The molecule has 34 heavy (non-hydrogen) atoms. The van der Waals surface area contributed by atoms with Gasteiger partial charge in [-0.2, -0.15) is 5.10 Å². The highest BCUT2D eigenvalue weighted by atomic mass is 19.1. The Kier molecular flexibility index (Phi) is 5.93. The number of benzene rings is 1. The lowest BCUT2D eigenvalue weighted by atomic mass is 10.1. The molecule has 0 saturated carbocycles. The number of aryl methyl sites for hydroxylation is 1. The summed E-state index contributed by atoms with van der Waals surface area (Å²) >= 11 is 0. The summed E-state index contributed by atoms with van der Waals surface area (Å²) in [6, 6.07) is 8.16. The summed E-state index contributed by atoms with van der Waals surface area (Å²) in [5.41, 5.74) is 2.12. The second-order valence-corrected chi connectivity index (χ2v) is 8.44. The van der Waals surface area contributed by atoms with E-state index < -0.39 is 5.82 Å². The fourth-order valence-electron chi connectivity index (χ4n) is 4.22. The summed E-state index contributed by atoms with van der Waals surface area (Å²) in [6.07, 6.45) is 7.95. The number of nitrogens with one attached hydrogen (secondary N) is 1. The second kappa shape index (κ2) is 9.18.